The summed E-state index contributed by atoms with van der Waals surface area (Å²) in [5.74, 6) is 0.238. The largest absolute Gasteiger partial charge is 0.343 e. The summed E-state index contributed by atoms with van der Waals surface area (Å²) in [5.41, 5.74) is 0. The highest BCUT2D eigenvalue weighted by Crippen LogP contribution is 2.08. The van der Waals surface area contributed by atoms with E-state index in [1.807, 2.05) is 4.90 Å². The van der Waals surface area contributed by atoms with Gasteiger partial charge in [-0.25, -0.2) is 0 Å². The van der Waals surface area contributed by atoms with Gasteiger partial charge in [-0.1, -0.05) is 12.8 Å². The molecule has 1 aliphatic heterocycles. The van der Waals surface area contributed by atoms with E-state index < -0.39 is 0 Å². The molecule has 2 nitrogen and oxygen atoms in total. The monoisotopic (exact) mass is 141 g/mol. The molecule has 0 aromatic heterocycles. The van der Waals surface area contributed by atoms with Gasteiger partial charge in [-0.05, 0) is 12.8 Å². The fourth-order valence-corrected chi connectivity index (χ4v) is 1.39. The lowest BCUT2D eigenvalue weighted by Crippen LogP contribution is -2.29. The summed E-state index contributed by atoms with van der Waals surface area (Å²) < 4.78 is 0. The van der Waals surface area contributed by atoms with E-state index in [1.54, 1.807) is 6.92 Å². The summed E-state index contributed by atoms with van der Waals surface area (Å²) >= 11 is 0. The summed E-state index contributed by atoms with van der Waals surface area (Å²) in [6.45, 7) is 3.62. The third-order valence-corrected chi connectivity index (χ3v) is 2.05. The van der Waals surface area contributed by atoms with Crippen LogP contribution in [0.3, 0.4) is 0 Å². The molecule has 1 rings (SSSR count). The Bertz CT molecular complexity index is 114. The van der Waals surface area contributed by atoms with Crippen LogP contribution < -0.4 is 0 Å². The zero-order valence-corrected chi connectivity index (χ0v) is 6.60. The fourth-order valence-electron chi connectivity index (χ4n) is 1.39. The minimum absolute atomic E-state index is 0.238. The topological polar surface area (TPSA) is 20.3 Å². The minimum atomic E-state index is 0.238. The number of hydrogen-bond donors (Lipinski definition) is 0. The van der Waals surface area contributed by atoms with Gasteiger partial charge in [0.15, 0.2) is 0 Å². The van der Waals surface area contributed by atoms with Gasteiger partial charge in [0.25, 0.3) is 0 Å². The van der Waals surface area contributed by atoms with Crippen LogP contribution in [0.25, 0.3) is 0 Å². The predicted octanol–water partition coefficient (Wildman–Crippen LogP) is 1.41. The van der Waals surface area contributed by atoms with Crippen molar-refractivity contribution in [3.05, 3.63) is 0 Å². The van der Waals surface area contributed by atoms with E-state index in [1.165, 1.54) is 25.7 Å². The highest BCUT2D eigenvalue weighted by molar-refractivity contribution is 5.73. The molecule has 0 radical (unpaired) electrons. The van der Waals surface area contributed by atoms with Crippen LogP contribution in [0.2, 0.25) is 0 Å². The van der Waals surface area contributed by atoms with E-state index >= 15 is 0 Å². The molecule has 2 heteroatoms. The first kappa shape index (κ1) is 7.58. The molecule has 1 aliphatic rings. The second-order valence-electron chi connectivity index (χ2n) is 2.92. The van der Waals surface area contributed by atoms with Crippen molar-refractivity contribution in [2.75, 3.05) is 13.1 Å². The number of rotatable bonds is 0. The molecule has 0 bridgehead atoms. The fraction of sp³-hybridized carbons (Fsp3) is 0.875. The zero-order valence-electron chi connectivity index (χ0n) is 6.60. The standard InChI is InChI=1S/C8H15NO/c1-8(10)9-6-4-2-3-5-7-9/h2-7H2,1H3. The quantitative estimate of drug-likeness (QED) is 0.499. The third-order valence-electron chi connectivity index (χ3n) is 2.05. The van der Waals surface area contributed by atoms with Gasteiger partial charge in [-0.15, -0.1) is 0 Å². The Morgan fingerprint density at radius 3 is 2.00 bits per heavy atom. The van der Waals surface area contributed by atoms with Crippen LogP contribution in [0.1, 0.15) is 32.6 Å². The maximum atomic E-state index is 10.9. The smallest absolute Gasteiger partial charge is 0.219 e. The molecule has 0 aromatic carbocycles. The predicted molar refractivity (Wildman–Crippen MR) is 40.7 cm³/mol. The number of carbonyl (C=O) groups excluding carboxylic acids is 1. The van der Waals surface area contributed by atoms with Gasteiger partial charge in [-0.3, -0.25) is 4.79 Å². The average molecular weight is 141 g/mol. The molecule has 1 fully saturated rings. The van der Waals surface area contributed by atoms with Crippen LogP contribution in [-0.4, -0.2) is 23.9 Å². The summed E-state index contributed by atoms with van der Waals surface area (Å²) in [7, 11) is 0. The molecule has 1 heterocycles. The second-order valence-corrected chi connectivity index (χ2v) is 2.92. The van der Waals surface area contributed by atoms with Crippen molar-refractivity contribution in [1.82, 2.24) is 4.90 Å². The van der Waals surface area contributed by atoms with Crippen LogP contribution in [0.5, 0.6) is 0 Å². The Morgan fingerprint density at radius 2 is 1.60 bits per heavy atom. The molecular formula is C8H15NO. The van der Waals surface area contributed by atoms with Crippen molar-refractivity contribution in [1.29, 1.82) is 0 Å². The lowest BCUT2D eigenvalue weighted by Gasteiger charge is -2.17. The van der Waals surface area contributed by atoms with Crippen molar-refractivity contribution < 1.29 is 4.79 Å². The van der Waals surface area contributed by atoms with Crippen LogP contribution in [0, 0.1) is 0 Å². The van der Waals surface area contributed by atoms with Gasteiger partial charge in [0, 0.05) is 20.0 Å². The Morgan fingerprint density at radius 1 is 1.10 bits per heavy atom. The maximum Gasteiger partial charge on any atom is 0.219 e. The zero-order chi connectivity index (χ0) is 7.40. The van der Waals surface area contributed by atoms with Crippen molar-refractivity contribution in [2.45, 2.75) is 32.6 Å². The first-order valence-electron chi connectivity index (χ1n) is 4.06. The van der Waals surface area contributed by atoms with Gasteiger partial charge in [0.1, 0.15) is 0 Å². The van der Waals surface area contributed by atoms with E-state index in [0.717, 1.165) is 13.1 Å². The van der Waals surface area contributed by atoms with E-state index in [2.05, 4.69) is 0 Å². The molecule has 1 amide bonds. The van der Waals surface area contributed by atoms with E-state index in [9.17, 15) is 4.79 Å². The second kappa shape index (κ2) is 3.59. The van der Waals surface area contributed by atoms with E-state index in [4.69, 9.17) is 0 Å². The average Bonchev–Trinajstić information content (AvgIpc) is 2.12. The molecule has 10 heavy (non-hydrogen) atoms. The summed E-state index contributed by atoms with van der Waals surface area (Å²) in [6, 6.07) is 0. The number of carbonyl (C=O) groups is 1. The third kappa shape index (κ3) is 2.01. The first-order chi connectivity index (χ1) is 4.80. The maximum absolute atomic E-state index is 10.9. The van der Waals surface area contributed by atoms with Crippen LogP contribution in [0.4, 0.5) is 0 Å². The lowest BCUT2D eigenvalue weighted by molar-refractivity contribution is -0.128. The Balaban J connectivity index is 2.35. The minimum Gasteiger partial charge on any atom is -0.343 e. The molecule has 0 aromatic rings. The Hall–Kier alpha value is -0.530. The van der Waals surface area contributed by atoms with Crippen LogP contribution >= 0.6 is 0 Å². The van der Waals surface area contributed by atoms with Gasteiger partial charge in [0.05, 0.1) is 0 Å². The molecule has 0 atom stereocenters. The van der Waals surface area contributed by atoms with Gasteiger partial charge in [0.2, 0.25) is 5.91 Å². The first-order valence-corrected chi connectivity index (χ1v) is 4.06. The number of amides is 1. The molecule has 1 saturated heterocycles. The Labute approximate surface area is 62.2 Å². The number of hydrogen-bond acceptors (Lipinski definition) is 1. The molecular weight excluding hydrogens is 126 g/mol. The van der Waals surface area contributed by atoms with Crippen molar-refractivity contribution in [2.24, 2.45) is 0 Å². The van der Waals surface area contributed by atoms with E-state index in [-0.39, 0.29) is 5.91 Å². The number of nitrogens with zero attached hydrogens (tertiary/aromatic N) is 1. The van der Waals surface area contributed by atoms with Crippen LogP contribution in [0.15, 0.2) is 0 Å². The van der Waals surface area contributed by atoms with Crippen molar-refractivity contribution in [3.63, 3.8) is 0 Å². The summed E-state index contributed by atoms with van der Waals surface area (Å²) in [6.07, 6.45) is 4.98. The molecule has 0 saturated carbocycles. The Kier molecular flexibility index (Phi) is 2.72. The van der Waals surface area contributed by atoms with Crippen molar-refractivity contribution in [3.8, 4) is 0 Å². The highest BCUT2D eigenvalue weighted by atomic mass is 16.2. The molecule has 0 aliphatic carbocycles. The van der Waals surface area contributed by atoms with Gasteiger partial charge >= 0.3 is 0 Å². The highest BCUT2D eigenvalue weighted by Gasteiger charge is 2.09. The lowest BCUT2D eigenvalue weighted by atomic mass is 10.2. The van der Waals surface area contributed by atoms with Gasteiger partial charge < -0.3 is 4.90 Å². The van der Waals surface area contributed by atoms with Crippen molar-refractivity contribution >= 4 is 5.91 Å². The summed E-state index contributed by atoms with van der Waals surface area (Å²) in [5, 5.41) is 0. The molecule has 0 unspecified atom stereocenters. The summed E-state index contributed by atoms with van der Waals surface area (Å²) in [4.78, 5) is 12.8. The molecule has 58 valence electrons. The molecule has 0 spiro atoms. The van der Waals surface area contributed by atoms with E-state index in [0.29, 0.717) is 0 Å². The van der Waals surface area contributed by atoms with Gasteiger partial charge in [-0.2, -0.15) is 0 Å². The normalized spacial score (nSPS) is 20.3. The molecule has 0 N–H and O–H groups in total. The SMILES string of the molecule is CC(=O)N1CCCCCC1. The van der Waals surface area contributed by atoms with Crippen LogP contribution in [-0.2, 0) is 4.79 Å². The number of likely N-dealkylation sites (tertiary alicyclic amines) is 1.